The number of aryl methyl sites for hydroxylation is 1. The van der Waals surface area contributed by atoms with Gasteiger partial charge in [0.25, 0.3) is 10.0 Å². The standard InChI is InChI=1S/C19H25NO4S2/c1-6-25(21,22)17-11-9-16(10-12-17)20-26(23,24)18-13-15(19(3,4)5)8-7-14(18)2/h7-13,20H,6H2,1-5H3. The lowest BCUT2D eigenvalue weighted by molar-refractivity contribution is 0.584. The summed E-state index contributed by atoms with van der Waals surface area (Å²) in [7, 11) is -7.10. The number of sulfone groups is 1. The second-order valence-corrected chi connectivity index (χ2v) is 11.2. The summed E-state index contributed by atoms with van der Waals surface area (Å²) < 4.78 is 51.9. The van der Waals surface area contributed by atoms with E-state index >= 15 is 0 Å². The van der Waals surface area contributed by atoms with Crippen molar-refractivity contribution in [2.45, 2.75) is 49.8 Å². The molecule has 0 unspecified atom stereocenters. The van der Waals surface area contributed by atoms with Crippen LogP contribution >= 0.6 is 0 Å². The van der Waals surface area contributed by atoms with E-state index in [1.54, 1.807) is 26.0 Å². The lowest BCUT2D eigenvalue weighted by Gasteiger charge is -2.21. The predicted molar refractivity (Wildman–Crippen MR) is 105 cm³/mol. The molecule has 0 fully saturated rings. The first-order valence-corrected chi connectivity index (χ1v) is 11.5. The van der Waals surface area contributed by atoms with Gasteiger partial charge < -0.3 is 0 Å². The van der Waals surface area contributed by atoms with Crippen molar-refractivity contribution in [3.63, 3.8) is 0 Å². The average Bonchev–Trinajstić information content (AvgIpc) is 2.54. The van der Waals surface area contributed by atoms with Crippen molar-refractivity contribution in [1.29, 1.82) is 0 Å². The summed E-state index contributed by atoms with van der Waals surface area (Å²) >= 11 is 0. The number of nitrogens with one attached hydrogen (secondary N) is 1. The third kappa shape index (κ3) is 4.45. The van der Waals surface area contributed by atoms with Crippen LogP contribution in [0.2, 0.25) is 0 Å². The van der Waals surface area contributed by atoms with Gasteiger partial charge in [0.2, 0.25) is 0 Å². The molecule has 0 atom stereocenters. The van der Waals surface area contributed by atoms with Crippen LogP contribution in [0.1, 0.15) is 38.8 Å². The minimum atomic E-state index is -3.78. The minimum absolute atomic E-state index is 0.00311. The lowest BCUT2D eigenvalue weighted by atomic mass is 9.87. The Kier molecular flexibility index (Phi) is 5.54. The number of hydrogen-bond acceptors (Lipinski definition) is 4. The van der Waals surface area contributed by atoms with E-state index < -0.39 is 19.9 Å². The highest BCUT2D eigenvalue weighted by molar-refractivity contribution is 7.92. The first-order chi connectivity index (χ1) is 11.9. The summed E-state index contributed by atoms with van der Waals surface area (Å²) in [5, 5.41) is 0. The van der Waals surface area contributed by atoms with E-state index in [0.29, 0.717) is 11.3 Å². The molecule has 0 aliphatic carbocycles. The minimum Gasteiger partial charge on any atom is -0.280 e. The Morgan fingerprint density at radius 2 is 1.50 bits per heavy atom. The first kappa shape index (κ1) is 20.5. The van der Waals surface area contributed by atoms with Gasteiger partial charge in [0, 0.05) is 5.69 Å². The number of hydrogen-bond donors (Lipinski definition) is 1. The average molecular weight is 396 g/mol. The summed E-state index contributed by atoms with van der Waals surface area (Å²) in [6.45, 7) is 9.38. The zero-order valence-electron chi connectivity index (χ0n) is 15.7. The van der Waals surface area contributed by atoms with E-state index in [-0.39, 0.29) is 21.0 Å². The Balaban J connectivity index is 2.38. The van der Waals surface area contributed by atoms with Gasteiger partial charge in [-0.1, -0.05) is 39.8 Å². The van der Waals surface area contributed by atoms with E-state index in [0.717, 1.165) is 5.56 Å². The van der Waals surface area contributed by atoms with E-state index in [1.807, 2.05) is 26.8 Å². The Bertz CT molecular complexity index is 1000. The van der Waals surface area contributed by atoms with Crippen LogP contribution in [0.5, 0.6) is 0 Å². The molecule has 0 heterocycles. The van der Waals surface area contributed by atoms with Gasteiger partial charge in [-0.15, -0.1) is 0 Å². The van der Waals surface area contributed by atoms with Gasteiger partial charge in [-0.05, 0) is 53.8 Å². The van der Waals surface area contributed by atoms with Gasteiger partial charge >= 0.3 is 0 Å². The predicted octanol–water partition coefficient (Wildman–Crippen LogP) is 3.89. The summed E-state index contributed by atoms with van der Waals surface area (Å²) in [6.07, 6.45) is 0. The quantitative estimate of drug-likeness (QED) is 0.833. The largest absolute Gasteiger partial charge is 0.280 e. The molecule has 0 saturated carbocycles. The summed E-state index contributed by atoms with van der Waals surface area (Å²) in [5.74, 6) is -0.00311. The Morgan fingerprint density at radius 3 is 2.00 bits per heavy atom. The molecule has 7 heteroatoms. The maximum atomic E-state index is 12.8. The molecule has 1 N–H and O–H groups in total. The van der Waals surface area contributed by atoms with Gasteiger partial charge in [-0.2, -0.15) is 0 Å². The maximum absolute atomic E-state index is 12.8. The number of benzene rings is 2. The molecule has 2 aromatic rings. The lowest BCUT2D eigenvalue weighted by Crippen LogP contribution is -2.17. The fraction of sp³-hybridized carbons (Fsp3) is 0.368. The van der Waals surface area contributed by atoms with Crippen LogP contribution in [-0.4, -0.2) is 22.6 Å². The molecular weight excluding hydrogens is 370 g/mol. The number of sulfonamides is 1. The van der Waals surface area contributed by atoms with Gasteiger partial charge in [-0.3, -0.25) is 4.72 Å². The van der Waals surface area contributed by atoms with Crippen LogP contribution in [0, 0.1) is 6.92 Å². The summed E-state index contributed by atoms with van der Waals surface area (Å²) in [6, 6.07) is 11.2. The number of anilines is 1. The van der Waals surface area contributed by atoms with Crippen LogP contribution in [0.4, 0.5) is 5.69 Å². The molecule has 0 amide bonds. The third-order valence-corrected chi connectivity index (χ3v) is 7.46. The second kappa shape index (κ2) is 7.04. The summed E-state index contributed by atoms with van der Waals surface area (Å²) in [4.78, 5) is 0.393. The highest BCUT2D eigenvalue weighted by Gasteiger charge is 2.22. The summed E-state index contributed by atoms with van der Waals surface area (Å²) in [5.41, 5.74) is 1.72. The molecule has 2 rings (SSSR count). The zero-order valence-corrected chi connectivity index (χ0v) is 17.3. The van der Waals surface area contributed by atoms with Crippen molar-refractivity contribution in [3.05, 3.63) is 53.6 Å². The smallest absolute Gasteiger partial charge is 0.262 e. The van der Waals surface area contributed by atoms with Crippen LogP contribution in [-0.2, 0) is 25.3 Å². The third-order valence-electron chi connectivity index (χ3n) is 4.19. The van der Waals surface area contributed by atoms with Gasteiger partial charge in [0.15, 0.2) is 9.84 Å². The van der Waals surface area contributed by atoms with Gasteiger partial charge in [-0.25, -0.2) is 16.8 Å². The Hall–Kier alpha value is -1.86. The van der Waals surface area contributed by atoms with E-state index in [4.69, 9.17) is 0 Å². The number of rotatable bonds is 5. The van der Waals surface area contributed by atoms with Crippen molar-refractivity contribution < 1.29 is 16.8 Å². The van der Waals surface area contributed by atoms with Gasteiger partial charge in [0.1, 0.15) is 0 Å². The molecule has 5 nitrogen and oxygen atoms in total. The molecule has 0 spiro atoms. The zero-order chi connectivity index (χ0) is 19.8. The monoisotopic (exact) mass is 395 g/mol. The van der Waals surface area contributed by atoms with Crippen molar-refractivity contribution in [2.24, 2.45) is 0 Å². The van der Waals surface area contributed by atoms with Gasteiger partial charge in [0.05, 0.1) is 15.5 Å². The van der Waals surface area contributed by atoms with Crippen LogP contribution < -0.4 is 4.72 Å². The molecule has 0 aliphatic heterocycles. The van der Waals surface area contributed by atoms with Crippen molar-refractivity contribution in [1.82, 2.24) is 0 Å². The van der Waals surface area contributed by atoms with Crippen molar-refractivity contribution in [3.8, 4) is 0 Å². The fourth-order valence-electron chi connectivity index (χ4n) is 2.46. The second-order valence-electron chi connectivity index (χ2n) is 7.26. The Labute approximate surface area is 156 Å². The molecular formula is C19H25NO4S2. The van der Waals surface area contributed by atoms with E-state index in [1.165, 1.54) is 24.3 Å². The molecule has 0 radical (unpaired) electrons. The normalized spacial score (nSPS) is 12.8. The van der Waals surface area contributed by atoms with Crippen LogP contribution in [0.15, 0.2) is 52.3 Å². The molecule has 0 aliphatic rings. The molecule has 0 bridgehead atoms. The maximum Gasteiger partial charge on any atom is 0.262 e. The topological polar surface area (TPSA) is 80.3 Å². The SMILES string of the molecule is CCS(=O)(=O)c1ccc(NS(=O)(=O)c2cc(C(C)(C)C)ccc2C)cc1. The van der Waals surface area contributed by atoms with Crippen molar-refractivity contribution in [2.75, 3.05) is 10.5 Å². The van der Waals surface area contributed by atoms with Crippen LogP contribution in [0.25, 0.3) is 0 Å². The molecule has 142 valence electrons. The fourth-order valence-corrected chi connectivity index (χ4v) is 4.68. The van der Waals surface area contributed by atoms with E-state index in [9.17, 15) is 16.8 Å². The highest BCUT2D eigenvalue weighted by atomic mass is 32.2. The molecule has 0 aromatic heterocycles. The van der Waals surface area contributed by atoms with Crippen LogP contribution in [0.3, 0.4) is 0 Å². The molecule has 26 heavy (non-hydrogen) atoms. The van der Waals surface area contributed by atoms with Crippen molar-refractivity contribution >= 4 is 25.5 Å². The molecule has 2 aromatic carbocycles. The van der Waals surface area contributed by atoms with E-state index in [2.05, 4.69) is 4.72 Å². The Morgan fingerprint density at radius 1 is 0.923 bits per heavy atom. The molecule has 0 saturated heterocycles. The highest BCUT2D eigenvalue weighted by Crippen LogP contribution is 2.28. The first-order valence-electron chi connectivity index (χ1n) is 8.33.